The lowest BCUT2D eigenvalue weighted by atomic mass is 10.1. The first-order valence-corrected chi connectivity index (χ1v) is 10.4. The van der Waals surface area contributed by atoms with Crippen molar-refractivity contribution in [2.24, 2.45) is 0 Å². The highest BCUT2D eigenvalue weighted by atomic mass is 32.2. The minimum absolute atomic E-state index is 0.212. The normalized spacial score (nSPS) is 11.0. The number of nitrogens with one attached hydrogen (secondary N) is 1. The molecule has 0 bridgehead atoms. The molecule has 3 aromatic rings. The molecule has 0 aromatic heterocycles. The van der Waals surface area contributed by atoms with Gasteiger partial charge in [-0.2, -0.15) is 0 Å². The highest BCUT2D eigenvalue weighted by Crippen LogP contribution is 2.22. The highest BCUT2D eigenvalue weighted by molar-refractivity contribution is 7.92. The largest absolute Gasteiger partial charge is 0.497 e. The fraction of sp³-hybridized carbons (Fsp3) is 0.136. The molecule has 0 aliphatic rings. The van der Waals surface area contributed by atoms with E-state index in [-0.39, 0.29) is 10.8 Å². The van der Waals surface area contributed by atoms with Crippen LogP contribution in [-0.4, -0.2) is 28.5 Å². The molecule has 0 atom stereocenters. The number of hydrogen-bond donors (Lipinski definition) is 1. The second kappa shape index (κ2) is 8.79. The Labute approximate surface area is 170 Å². The Bertz CT molecular complexity index is 1060. The van der Waals surface area contributed by atoms with Gasteiger partial charge in [0.2, 0.25) is 0 Å². The minimum Gasteiger partial charge on any atom is -0.497 e. The van der Waals surface area contributed by atoms with Crippen molar-refractivity contribution in [3.8, 4) is 5.75 Å². The van der Waals surface area contributed by atoms with Crippen molar-refractivity contribution in [3.05, 3.63) is 90.0 Å². The Morgan fingerprint density at radius 1 is 0.931 bits per heavy atom. The van der Waals surface area contributed by atoms with Crippen LogP contribution in [0.2, 0.25) is 0 Å². The molecule has 1 N–H and O–H groups in total. The summed E-state index contributed by atoms with van der Waals surface area (Å²) in [4.78, 5) is 12.6. The molecular formula is C22H22N2O4S. The van der Waals surface area contributed by atoms with E-state index in [0.717, 1.165) is 11.3 Å². The average molecular weight is 410 g/mol. The van der Waals surface area contributed by atoms with E-state index in [1.165, 1.54) is 11.4 Å². The first-order chi connectivity index (χ1) is 13.9. The molecule has 3 rings (SSSR count). The van der Waals surface area contributed by atoms with Gasteiger partial charge in [-0.3, -0.25) is 9.10 Å². The molecule has 6 nitrogen and oxygen atoms in total. The van der Waals surface area contributed by atoms with Gasteiger partial charge in [0.1, 0.15) is 5.75 Å². The number of nitrogens with zero attached hydrogens (tertiary/aromatic N) is 1. The van der Waals surface area contributed by atoms with Crippen molar-refractivity contribution in [2.45, 2.75) is 11.4 Å². The molecule has 0 fully saturated rings. The fourth-order valence-corrected chi connectivity index (χ4v) is 3.96. The zero-order valence-corrected chi connectivity index (χ0v) is 17.0. The summed E-state index contributed by atoms with van der Waals surface area (Å²) in [5.74, 6) is 0.520. The molecule has 0 spiro atoms. The van der Waals surface area contributed by atoms with Gasteiger partial charge in [0.25, 0.3) is 15.9 Å². The van der Waals surface area contributed by atoms with Crippen LogP contribution in [0.1, 0.15) is 15.9 Å². The molecule has 0 heterocycles. The summed E-state index contributed by atoms with van der Waals surface area (Å²) in [6.07, 6.45) is 0. The van der Waals surface area contributed by atoms with Crippen LogP contribution in [0.5, 0.6) is 5.75 Å². The summed E-state index contributed by atoms with van der Waals surface area (Å²) in [6.45, 7) is 0.382. The van der Waals surface area contributed by atoms with Crippen LogP contribution in [-0.2, 0) is 16.6 Å². The summed E-state index contributed by atoms with van der Waals surface area (Å²) >= 11 is 0. The van der Waals surface area contributed by atoms with E-state index < -0.39 is 10.0 Å². The summed E-state index contributed by atoms with van der Waals surface area (Å²) in [5, 5.41) is 2.85. The standard InChI is InChI=1S/C22H22N2O4S/c1-24(29(26,27)21-6-4-3-5-7-21)19-12-10-18(11-13-19)22(25)23-16-17-8-14-20(28-2)15-9-17/h3-15H,16H2,1-2H3,(H,23,25). The second-order valence-corrected chi connectivity index (χ2v) is 8.33. The smallest absolute Gasteiger partial charge is 0.264 e. The van der Waals surface area contributed by atoms with E-state index in [9.17, 15) is 13.2 Å². The number of sulfonamides is 1. The quantitative estimate of drug-likeness (QED) is 0.647. The van der Waals surface area contributed by atoms with Crippen LogP contribution >= 0.6 is 0 Å². The third kappa shape index (κ3) is 4.75. The summed E-state index contributed by atoms with van der Waals surface area (Å²) in [7, 11) is -0.567. The molecule has 0 aliphatic carbocycles. The van der Waals surface area contributed by atoms with Gasteiger partial charge in [0, 0.05) is 19.2 Å². The Hall–Kier alpha value is -3.32. The second-order valence-electron chi connectivity index (χ2n) is 6.36. The molecule has 150 valence electrons. The molecule has 0 saturated carbocycles. The number of hydrogen-bond acceptors (Lipinski definition) is 4. The number of ether oxygens (including phenoxy) is 1. The zero-order valence-electron chi connectivity index (χ0n) is 16.2. The van der Waals surface area contributed by atoms with Crippen molar-refractivity contribution in [3.63, 3.8) is 0 Å². The topological polar surface area (TPSA) is 75.7 Å². The number of carbonyl (C=O) groups excluding carboxylic acids is 1. The van der Waals surface area contributed by atoms with Gasteiger partial charge >= 0.3 is 0 Å². The Kier molecular flexibility index (Phi) is 6.19. The van der Waals surface area contributed by atoms with Gasteiger partial charge in [-0.05, 0) is 54.1 Å². The first-order valence-electron chi connectivity index (χ1n) is 8.97. The van der Waals surface area contributed by atoms with E-state index in [4.69, 9.17) is 4.74 Å². The number of rotatable bonds is 7. The van der Waals surface area contributed by atoms with Gasteiger partial charge in [-0.1, -0.05) is 30.3 Å². The molecule has 1 amide bonds. The van der Waals surface area contributed by atoms with Crippen molar-refractivity contribution in [1.29, 1.82) is 0 Å². The van der Waals surface area contributed by atoms with Crippen LogP contribution in [0.3, 0.4) is 0 Å². The Morgan fingerprint density at radius 3 is 2.14 bits per heavy atom. The molecule has 29 heavy (non-hydrogen) atoms. The van der Waals surface area contributed by atoms with Crippen LogP contribution in [0, 0.1) is 0 Å². The monoisotopic (exact) mass is 410 g/mol. The van der Waals surface area contributed by atoms with Crippen LogP contribution in [0.25, 0.3) is 0 Å². The fourth-order valence-electron chi connectivity index (χ4n) is 2.74. The van der Waals surface area contributed by atoms with Crippen LogP contribution in [0.15, 0.2) is 83.8 Å². The predicted molar refractivity (Wildman–Crippen MR) is 113 cm³/mol. The van der Waals surface area contributed by atoms with Crippen molar-refractivity contribution in [2.75, 3.05) is 18.5 Å². The Morgan fingerprint density at radius 2 is 1.55 bits per heavy atom. The Balaban J connectivity index is 1.66. The number of anilines is 1. The number of amides is 1. The highest BCUT2D eigenvalue weighted by Gasteiger charge is 2.21. The third-order valence-corrected chi connectivity index (χ3v) is 6.31. The lowest BCUT2D eigenvalue weighted by Crippen LogP contribution is -2.27. The summed E-state index contributed by atoms with van der Waals surface area (Å²) in [6, 6.07) is 22.1. The van der Waals surface area contributed by atoms with E-state index >= 15 is 0 Å². The molecule has 0 radical (unpaired) electrons. The molecule has 0 saturated heterocycles. The summed E-state index contributed by atoms with van der Waals surface area (Å²) < 4.78 is 31.7. The molecule has 3 aromatic carbocycles. The molecular weight excluding hydrogens is 388 g/mol. The lowest BCUT2D eigenvalue weighted by molar-refractivity contribution is 0.0951. The van der Waals surface area contributed by atoms with Gasteiger partial charge in [0.05, 0.1) is 17.7 Å². The number of benzene rings is 3. The average Bonchev–Trinajstić information content (AvgIpc) is 2.78. The van der Waals surface area contributed by atoms with Gasteiger partial charge in [-0.15, -0.1) is 0 Å². The van der Waals surface area contributed by atoms with E-state index in [2.05, 4.69) is 5.32 Å². The zero-order chi connectivity index (χ0) is 20.9. The maximum atomic E-state index is 12.7. The van der Waals surface area contributed by atoms with E-state index in [0.29, 0.717) is 17.8 Å². The number of methoxy groups -OCH3 is 1. The molecule has 0 aliphatic heterocycles. The predicted octanol–water partition coefficient (Wildman–Crippen LogP) is 3.45. The lowest BCUT2D eigenvalue weighted by Gasteiger charge is -2.19. The van der Waals surface area contributed by atoms with E-state index in [1.54, 1.807) is 61.7 Å². The molecule has 0 unspecified atom stereocenters. The first kappa shape index (κ1) is 20.4. The van der Waals surface area contributed by atoms with E-state index in [1.807, 2.05) is 24.3 Å². The minimum atomic E-state index is -3.65. The third-order valence-electron chi connectivity index (χ3n) is 4.51. The van der Waals surface area contributed by atoms with Gasteiger partial charge < -0.3 is 10.1 Å². The van der Waals surface area contributed by atoms with Gasteiger partial charge in [0.15, 0.2) is 0 Å². The maximum absolute atomic E-state index is 12.7. The number of carbonyl (C=O) groups is 1. The van der Waals surface area contributed by atoms with Gasteiger partial charge in [-0.25, -0.2) is 8.42 Å². The van der Waals surface area contributed by atoms with Crippen molar-refractivity contribution >= 4 is 21.6 Å². The van der Waals surface area contributed by atoms with Crippen molar-refractivity contribution in [1.82, 2.24) is 5.32 Å². The summed E-state index contributed by atoms with van der Waals surface area (Å²) in [5.41, 5.74) is 1.87. The van der Waals surface area contributed by atoms with Crippen molar-refractivity contribution < 1.29 is 17.9 Å². The van der Waals surface area contributed by atoms with Crippen LogP contribution < -0.4 is 14.4 Å². The maximum Gasteiger partial charge on any atom is 0.264 e. The SMILES string of the molecule is COc1ccc(CNC(=O)c2ccc(N(C)S(=O)(=O)c3ccccc3)cc2)cc1. The van der Waals surface area contributed by atoms with Crippen LogP contribution in [0.4, 0.5) is 5.69 Å². The molecule has 7 heteroatoms.